The van der Waals surface area contributed by atoms with Crippen molar-refractivity contribution in [2.24, 2.45) is 5.92 Å². The molecule has 0 radical (unpaired) electrons. The summed E-state index contributed by atoms with van der Waals surface area (Å²) < 4.78 is 1.97. The van der Waals surface area contributed by atoms with Crippen LogP contribution in [0.25, 0.3) is 0 Å². The molecule has 0 aromatic carbocycles. The molecule has 1 aliphatic heterocycles. The summed E-state index contributed by atoms with van der Waals surface area (Å²) in [5.74, 6) is 0.0394. The second kappa shape index (κ2) is 3.56. The molecule has 0 aliphatic carbocycles. The number of nitrogens with one attached hydrogen (secondary N) is 1. The van der Waals surface area contributed by atoms with Crippen LogP contribution in [0.5, 0.6) is 0 Å². The Hall–Kier alpha value is -1.52. The van der Waals surface area contributed by atoms with E-state index in [0.29, 0.717) is 19.0 Å². The Labute approximate surface area is 88.1 Å². The number of aliphatic carboxylic acids is 1. The zero-order valence-corrected chi connectivity index (χ0v) is 8.90. The van der Waals surface area contributed by atoms with Crippen LogP contribution in [0.4, 0.5) is 5.95 Å². The predicted molar refractivity (Wildman–Crippen MR) is 55.9 cm³/mol. The zero-order valence-electron chi connectivity index (χ0n) is 8.90. The van der Waals surface area contributed by atoms with Crippen LogP contribution in [0.3, 0.4) is 0 Å². The van der Waals surface area contributed by atoms with Crippen molar-refractivity contribution in [2.75, 3.05) is 11.9 Å². The van der Waals surface area contributed by atoms with Crippen LogP contribution in [0.2, 0.25) is 0 Å². The van der Waals surface area contributed by atoms with Gasteiger partial charge >= 0.3 is 5.97 Å². The highest BCUT2D eigenvalue weighted by molar-refractivity contribution is 5.71. The Morgan fingerprint density at radius 1 is 1.73 bits per heavy atom. The zero-order chi connectivity index (χ0) is 11.0. The average molecular weight is 209 g/mol. The van der Waals surface area contributed by atoms with E-state index in [2.05, 4.69) is 24.1 Å². The first-order valence-electron chi connectivity index (χ1n) is 5.11. The molecule has 1 aromatic heterocycles. The number of carboxylic acid groups (broad SMARTS) is 1. The molecule has 5 heteroatoms. The highest BCUT2D eigenvalue weighted by Crippen LogP contribution is 2.24. The van der Waals surface area contributed by atoms with Crippen molar-refractivity contribution in [3.8, 4) is 0 Å². The molecule has 1 atom stereocenters. The van der Waals surface area contributed by atoms with Gasteiger partial charge in [0.25, 0.3) is 0 Å². The van der Waals surface area contributed by atoms with Crippen molar-refractivity contribution in [3.63, 3.8) is 0 Å². The predicted octanol–water partition coefficient (Wildman–Crippen LogP) is 1.13. The van der Waals surface area contributed by atoms with Gasteiger partial charge in [0.2, 0.25) is 5.95 Å². The fraction of sp³-hybridized carbons (Fsp3) is 0.600. The van der Waals surface area contributed by atoms with Gasteiger partial charge in [0.1, 0.15) is 0 Å². The van der Waals surface area contributed by atoms with Crippen LogP contribution in [-0.4, -0.2) is 27.2 Å². The number of nitrogens with zero attached hydrogens (tertiary/aromatic N) is 2. The van der Waals surface area contributed by atoms with Crippen molar-refractivity contribution in [2.45, 2.75) is 26.3 Å². The average Bonchev–Trinajstić information content (AvgIpc) is 2.59. The number of aromatic nitrogens is 2. The van der Waals surface area contributed by atoms with Crippen LogP contribution < -0.4 is 5.32 Å². The maximum atomic E-state index is 10.9. The number of hydrogen-bond acceptors (Lipinski definition) is 3. The minimum Gasteiger partial charge on any atom is -0.481 e. The molecule has 1 unspecified atom stereocenters. The maximum Gasteiger partial charge on any atom is 0.310 e. The lowest BCUT2D eigenvalue weighted by atomic mass is 10.1. The van der Waals surface area contributed by atoms with E-state index in [9.17, 15) is 4.79 Å². The van der Waals surface area contributed by atoms with E-state index in [-0.39, 0.29) is 5.92 Å². The summed E-state index contributed by atoms with van der Waals surface area (Å²) in [7, 11) is 0. The van der Waals surface area contributed by atoms with E-state index in [0.717, 1.165) is 11.6 Å². The summed E-state index contributed by atoms with van der Waals surface area (Å²) >= 11 is 0. The first kappa shape index (κ1) is 10.0. The van der Waals surface area contributed by atoms with Crippen molar-refractivity contribution < 1.29 is 9.90 Å². The summed E-state index contributed by atoms with van der Waals surface area (Å²) in [6, 6.07) is 0. The lowest BCUT2D eigenvalue weighted by Crippen LogP contribution is -2.33. The molecule has 1 aliphatic rings. The third kappa shape index (κ3) is 1.69. The van der Waals surface area contributed by atoms with E-state index < -0.39 is 5.97 Å². The highest BCUT2D eigenvalue weighted by atomic mass is 16.4. The van der Waals surface area contributed by atoms with Crippen LogP contribution in [-0.2, 0) is 11.3 Å². The normalized spacial score (nSPS) is 19.8. The standard InChI is InChI=1S/C10H15N3O2/c1-6(2)8-4-12-10-11-3-7(9(14)15)5-13(8)10/h4,6-7H,3,5H2,1-2H3,(H,11,12)(H,14,15). The molecule has 0 amide bonds. The van der Waals surface area contributed by atoms with Crippen LogP contribution in [0.15, 0.2) is 6.20 Å². The molecule has 2 rings (SSSR count). The second-order valence-electron chi connectivity index (χ2n) is 4.19. The third-order valence-corrected chi connectivity index (χ3v) is 2.74. The molecule has 0 saturated heterocycles. The molecule has 2 N–H and O–H groups in total. The fourth-order valence-electron chi connectivity index (χ4n) is 1.85. The van der Waals surface area contributed by atoms with E-state index in [4.69, 9.17) is 5.11 Å². The summed E-state index contributed by atoms with van der Waals surface area (Å²) in [4.78, 5) is 15.1. The van der Waals surface area contributed by atoms with E-state index in [1.54, 1.807) is 0 Å². The van der Waals surface area contributed by atoms with Crippen molar-refractivity contribution in [1.82, 2.24) is 9.55 Å². The Bertz CT molecular complexity index is 384. The van der Waals surface area contributed by atoms with Gasteiger partial charge in [-0.25, -0.2) is 4.98 Å². The van der Waals surface area contributed by atoms with E-state index in [1.165, 1.54) is 0 Å². The number of imidazole rings is 1. The first-order valence-corrected chi connectivity index (χ1v) is 5.11. The Morgan fingerprint density at radius 2 is 2.47 bits per heavy atom. The topological polar surface area (TPSA) is 67.2 Å². The first-order chi connectivity index (χ1) is 7.09. The molecule has 82 valence electrons. The molecule has 15 heavy (non-hydrogen) atoms. The Balaban J connectivity index is 2.30. The van der Waals surface area contributed by atoms with E-state index >= 15 is 0 Å². The molecule has 5 nitrogen and oxygen atoms in total. The second-order valence-corrected chi connectivity index (χ2v) is 4.19. The van der Waals surface area contributed by atoms with Gasteiger partial charge in [-0.2, -0.15) is 0 Å². The molecular weight excluding hydrogens is 194 g/mol. The number of carboxylic acids is 1. The van der Waals surface area contributed by atoms with Gasteiger partial charge < -0.3 is 15.0 Å². The van der Waals surface area contributed by atoms with Gasteiger partial charge in [0, 0.05) is 18.8 Å². The van der Waals surface area contributed by atoms with Gasteiger partial charge in [-0.3, -0.25) is 4.79 Å². The van der Waals surface area contributed by atoms with Gasteiger partial charge in [0.15, 0.2) is 0 Å². The van der Waals surface area contributed by atoms with Gasteiger partial charge in [-0.1, -0.05) is 13.8 Å². The van der Waals surface area contributed by atoms with Gasteiger partial charge in [-0.15, -0.1) is 0 Å². The SMILES string of the molecule is CC(C)c1cnc2n1CC(C(=O)O)CN2. The van der Waals surface area contributed by atoms with E-state index in [1.807, 2.05) is 10.8 Å². The summed E-state index contributed by atoms with van der Waals surface area (Å²) in [6.07, 6.45) is 1.82. The highest BCUT2D eigenvalue weighted by Gasteiger charge is 2.26. The minimum atomic E-state index is -0.753. The monoisotopic (exact) mass is 209 g/mol. The molecule has 1 aromatic rings. The van der Waals surface area contributed by atoms with Crippen molar-refractivity contribution in [3.05, 3.63) is 11.9 Å². The van der Waals surface area contributed by atoms with Crippen LogP contribution in [0.1, 0.15) is 25.5 Å². The number of carbonyl (C=O) groups is 1. The lowest BCUT2D eigenvalue weighted by Gasteiger charge is -2.24. The largest absolute Gasteiger partial charge is 0.481 e. The summed E-state index contributed by atoms with van der Waals surface area (Å²) in [6.45, 7) is 5.14. The molecule has 0 spiro atoms. The number of anilines is 1. The fourth-order valence-corrected chi connectivity index (χ4v) is 1.85. The Morgan fingerprint density at radius 3 is 3.07 bits per heavy atom. The maximum absolute atomic E-state index is 10.9. The molecule has 0 saturated carbocycles. The third-order valence-electron chi connectivity index (χ3n) is 2.74. The summed E-state index contributed by atoms with van der Waals surface area (Å²) in [5.41, 5.74) is 1.09. The number of hydrogen-bond donors (Lipinski definition) is 2. The van der Waals surface area contributed by atoms with Gasteiger partial charge in [0.05, 0.1) is 12.1 Å². The molecule has 2 heterocycles. The quantitative estimate of drug-likeness (QED) is 0.766. The minimum absolute atomic E-state index is 0.357. The van der Waals surface area contributed by atoms with Crippen LogP contribution >= 0.6 is 0 Å². The Kier molecular flexibility index (Phi) is 2.38. The van der Waals surface area contributed by atoms with Gasteiger partial charge in [-0.05, 0) is 5.92 Å². The smallest absolute Gasteiger partial charge is 0.310 e. The number of fused-ring (bicyclic) bond motifs is 1. The van der Waals surface area contributed by atoms with Crippen LogP contribution in [0, 0.1) is 5.92 Å². The molecule has 0 fully saturated rings. The molecular formula is C10H15N3O2. The van der Waals surface area contributed by atoms with Crippen molar-refractivity contribution in [1.29, 1.82) is 0 Å². The number of rotatable bonds is 2. The summed E-state index contributed by atoms with van der Waals surface area (Å²) in [5, 5.41) is 12.0. The molecule has 0 bridgehead atoms. The van der Waals surface area contributed by atoms with Crippen molar-refractivity contribution >= 4 is 11.9 Å². The lowest BCUT2D eigenvalue weighted by molar-refractivity contribution is -0.141.